The molecule has 2 atom stereocenters. The molecule has 0 aromatic heterocycles. The molecule has 0 aromatic carbocycles. The van der Waals surface area contributed by atoms with E-state index in [1.54, 1.807) is 0 Å². The summed E-state index contributed by atoms with van der Waals surface area (Å²) in [6.45, 7) is 13.8. The number of hydrogen-bond donors (Lipinski definition) is 0. The monoisotopic (exact) mass is 284 g/mol. The zero-order valence-electron chi connectivity index (χ0n) is 14.6. The fourth-order valence-corrected chi connectivity index (χ4v) is 2.42. The predicted molar refractivity (Wildman–Crippen MR) is 86.7 cm³/mol. The number of carbonyl (C=O) groups is 1. The van der Waals surface area contributed by atoms with Crippen LogP contribution in [-0.4, -0.2) is 12.6 Å². The molecule has 0 rings (SSSR count). The first kappa shape index (κ1) is 19.5. The Bertz CT molecular complexity index is 258. The van der Waals surface area contributed by atoms with E-state index in [0.717, 1.165) is 25.7 Å². The summed E-state index contributed by atoms with van der Waals surface area (Å²) in [5.74, 6) is 0.619. The van der Waals surface area contributed by atoms with Crippen LogP contribution in [0.5, 0.6) is 0 Å². The highest BCUT2D eigenvalue weighted by Gasteiger charge is 2.27. The van der Waals surface area contributed by atoms with Crippen LogP contribution in [0.3, 0.4) is 0 Å². The molecule has 0 amide bonds. The van der Waals surface area contributed by atoms with E-state index in [4.69, 9.17) is 4.74 Å². The minimum Gasteiger partial charge on any atom is -0.465 e. The van der Waals surface area contributed by atoms with Crippen molar-refractivity contribution in [2.45, 2.75) is 86.5 Å². The van der Waals surface area contributed by atoms with Crippen molar-refractivity contribution < 1.29 is 9.53 Å². The third kappa shape index (κ3) is 7.91. The molecule has 2 heteroatoms. The molecule has 2 unspecified atom stereocenters. The van der Waals surface area contributed by atoms with Gasteiger partial charge in [-0.25, -0.2) is 0 Å². The molecule has 20 heavy (non-hydrogen) atoms. The van der Waals surface area contributed by atoms with Crippen LogP contribution in [0.1, 0.15) is 86.5 Å². The molecule has 0 N–H and O–H groups in total. The number of ether oxygens (including phenoxy) is 1. The number of rotatable bonds is 11. The second-order valence-corrected chi connectivity index (χ2v) is 6.87. The van der Waals surface area contributed by atoms with Crippen molar-refractivity contribution in [3.8, 4) is 0 Å². The van der Waals surface area contributed by atoms with Crippen LogP contribution in [0, 0.1) is 17.3 Å². The maximum atomic E-state index is 12.2. The van der Waals surface area contributed by atoms with Gasteiger partial charge in [0.1, 0.15) is 0 Å². The molecular formula is C18H36O2. The van der Waals surface area contributed by atoms with Crippen LogP contribution >= 0.6 is 0 Å². The van der Waals surface area contributed by atoms with Gasteiger partial charge in [-0.2, -0.15) is 0 Å². The minimum atomic E-state index is 0.0176. The Balaban J connectivity index is 4.27. The molecule has 0 aromatic rings. The van der Waals surface area contributed by atoms with Crippen molar-refractivity contribution in [3.63, 3.8) is 0 Å². The van der Waals surface area contributed by atoms with Gasteiger partial charge in [0.15, 0.2) is 0 Å². The molecule has 2 nitrogen and oxygen atoms in total. The molecule has 0 radical (unpaired) electrons. The molecule has 0 saturated carbocycles. The van der Waals surface area contributed by atoms with Crippen molar-refractivity contribution in [1.29, 1.82) is 0 Å². The fourth-order valence-electron chi connectivity index (χ4n) is 2.42. The van der Waals surface area contributed by atoms with E-state index in [1.807, 2.05) is 0 Å². The second-order valence-electron chi connectivity index (χ2n) is 6.87. The number of unbranched alkanes of at least 4 members (excludes halogenated alkanes) is 1. The Morgan fingerprint density at radius 2 is 1.75 bits per heavy atom. The Morgan fingerprint density at radius 3 is 2.20 bits per heavy atom. The van der Waals surface area contributed by atoms with E-state index in [9.17, 15) is 4.79 Å². The lowest BCUT2D eigenvalue weighted by Crippen LogP contribution is -2.25. The fraction of sp³-hybridized carbons (Fsp3) is 0.944. The highest BCUT2D eigenvalue weighted by Crippen LogP contribution is 2.31. The standard InChI is InChI=1S/C18H36O2/c1-7-11-12-15(8-2)14-20-17(19)16(9-3)13-18(5,6)10-4/h15-16H,7-14H2,1-6H3. The lowest BCUT2D eigenvalue weighted by molar-refractivity contribution is -0.151. The van der Waals surface area contributed by atoms with Crippen molar-refractivity contribution in [3.05, 3.63) is 0 Å². The summed E-state index contributed by atoms with van der Waals surface area (Å²) < 4.78 is 5.60. The molecule has 120 valence electrons. The maximum Gasteiger partial charge on any atom is 0.308 e. The van der Waals surface area contributed by atoms with Gasteiger partial charge in [0, 0.05) is 0 Å². The molecule has 0 aliphatic rings. The topological polar surface area (TPSA) is 26.3 Å². The average molecular weight is 284 g/mol. The molecule has 0 fully saturated rings. The van der Waals surface area contributed by atoms with Gasteiger partial charge in [0.25, 0.3) is 0 Å². The van der Waals surface area contributed by atoms with Crippen LogP contribution in [0.15, 0.2) is 0 Å². The Hall–Kier alpha value is -0.530. The second kappa shape index (κ2) is 10.2. The van der Waals surface area contributed by atoms with Crippen LogP contribution in [0.2, 0.25) is 0 Å². The van der Waals surface area contributed by atoms with Gasteiger partial charge >= 0.3 is 5.97 Å². The highest BCUT2D eigenvalue weighted by atomic mass is 16.5. The van der Waals surface area contributed by atoms with Crippen LogP contribution in [-0.2, 0) is 9.53 Å². The van der Waals surface area contributed by atoms with Gasteiger partial charge in [0.05, 0.1) is 12.5 Å². The number of hydrogen-bond acceptors (Lipinski definition) is 2. The largest absolute Gasteiger partial charge is 0.465 e. The van der Waals surface area contributed by atoms with Gasteiger partial charge in [-0.05, 0) is 30.6 Å². The van der Waals surface area contributed by atoms with E-state index >= 15 is 0 Å². The Labute approximate surface area is 126 Å². The summed E-state index contributed by atoms with van der Waals surface area (Å²) in [5.41, 5.74) is 0.228. The summed E-state index contributed by atoms with van der Waals surface area (Å²) in [6.07, 6.45) is 7.65. The normalized spacial score (nSPS) is 14.9. The number of carbonyl (C=O) groups excluding carboxylic acids is 1. The van der Waals surface area contributed by atoms with E-state index in [1.165, 1.54) is 19.3 Å². The van der Waals surface area contributed by atoms with E-state index in [-0.39, 0.29) is 17.3 Å². The van der Waals surface area contributed by atoms with Gasteiger partial charge in [-0.1, -0.05) is 67.2 Å². The van der Waals surface area contributed by atoms with Crippen LogP contribution in [0.25, 0.3) is 0 Å². The molecule has 0 aliphatic carbocycles. The van der Waals surface area contributed by atoms with E-state index < -0.39 is 0 Å². The Kier molecular flexibility index (Phi) is 9.96. The first-order valence-corrected chi connectivity index (χ1v) is 8.56. The maximum absolute atomic E-state index is 12.2. The first-order valence-electron chi connectivity index (χ1n) is 8.56. The van der Waals surface area contributed by atoms with Crippen molar-refractivity contribution >= 4 is 5.97 Å². The number of esters is 1. The Morgan fingerprint density at radius 1 is 1.10 bits per heavy atom. The summed E-state index contributed by atoms with van der Waals surface area (Å²) in [5, 5.41) is 0. The van der Waals surface area contributed by atoms with E-state index in [2.05, 4.69) is 41.5 Å². The zero-order chi connectivity index (χ0) is 15.6. The van der Waals surface area contributed by atoms with Crippen molar-refractivity contribution in [2.24, 2.45) is 17.3 Å². The lowest BCUT2D eigenvalue weighted by atomic mass is 9.80. The van der Waals surface area contributed by atoms with E-state index in [0.29, 0.717) is 12.5 Å². The summed E-state index contributed by atoms with van der Waals surface area (Å²) in [7, 11) is 0. The summed E-state index contributed by atoms with van der Waals surface area (Å²) in [4.78, 5) is 12.2. The third-order valence-electron chi connectivity index (χ3n) is 4.59. The molecular weight excluding hydrogens is 248 g/mol. The SMILES string of the molecule is CCCCC(CC)COC(=O)C(CC)CC(C)(C)CC. The smallest absolute Gasteiger partial charge is 0.308 e. The minimum absolute atomic E-state index is 0.0176. The quantitative estimate of drug-likeness (QED) is 0.462. The van der Waals surface area contributed by atoms with Crippen molar-refractivity contribution in [1.82, 2.24) is 0 Å². The highest BCUT2D eigenvalue weighted by molar-refractivity contribution is 5.72. The van der Waals surface area contributed by atoms with Gasteiger partial charge in [-0.15, -0.1) is 0 Å². The predicted octanol–water partition coefficient (Wildman–Crippen LogP) is 5.60. The zero-order valence-corrected chi connectivity index (χ0v) is 14.6. The third-order valence-corrected chi connectivity index (χ3v) is 4.59. The molecule has 0 aliphatic heterocycles. The summed E-state index contributed by atoms with van der Waals surface area (Å²) >= 11 is 0. The average Bonchev–Trinajstić information content (AvgIpc) is 2.44. The van der Waals surface area contributed by atoms with Gasteiger partial charge in [0.2, 0.25) is 0 Å². The summed E-state index contributed by atoms with van der Waals surface area (Å²) in [6, 6.07) is 0. The van der Waals surface area contributed by atoms with Crippen LogP contribution < -0.4 is 0 Å². The first-order chi connectivity index (χ1) is 9.40. The molecule has 0 saturated heterocycles. The molecule has 0 spiro atoms. The van der Waals surface area contributed by atoms with Crippen molar-refractivity contribution in [2.75, 3.05) is 6.61 Å². The molecule has 0 bridgehead atoms. The van der Waals surface area contributed by atoms with Gasteiger partial charge < -0.3 is 4.74 Å². The van der Waals surface area contributed by atoms with Crippen LogP contribution in [0.4, 0.5) is 0 Å². The molecule has 0 heterocycles. The lowest BCUT2D eigenvalue weighted by Gasteiger charge is -2.27. The van der Waals surface area contributed by atoms with Gasteiger partial charge in [-0.3, -0.25) is 4.79 Å².